The molecule has 0 amide bonds. The predicted octanol–water partition coefficient (Wildman–Crippen LogP) is 2.64. The molecule has 1 saturated heterocycles. The van der Waals surface area contributed by atoms with E-state index in [1.54, 1.807) is 0 Å². The summed E-state index contributed by atoms with van der Waals surface area (Å²) in [5, 5.41) is 3.47. The number of morpholine rings is 1. The van der Waals surface area contributed by atoms with E-state index < -0.39 is 0 Å². The highest BCUT2D eigenvalue weighted by Crippen LogP contribution is 2.19. The van der Waals surface area contributed by atoms with Crippen molar-refractivity contribution >= 4 is 41.8 Å². The van der Waals surface area contributed by atoms with E-state index in [1.807, 2.05) is 6.07 Å². The van der Waals surface area contributed by atoms with Crippen molar-refractivity contribution in [3.8, 4) is 0 Å². The van der Waals surface area contributed by atoms with E-state index in [-0.39, 0.29) is 24.8 Å². The summed E-state index contributed by atoms with van der Waals surface area (Å²) >= 11 is 0. The molecular weight excluding hydrogens is 323 g/mol. The first-order chi connectivity index (χ1) is 9.88. The maximum absolute atomic E-state index is 5.36. The van der Waals surface area contributed by atoms with Gasteiger partial charge in [-0.25, -0.2) is 4.98 Å². The average Bonchev–Trinajstić information content (AvgIpc) is 2.86. The van der Waals surface area contributed by atoms with Gasteiger partial charge in [-0.3, -0.25) is 4.90 Å². The molecule has 1 aliphatic heterocycles. The molecule has 7 heteroatoms. The highest BCUT2D eigenvalue weighted by Gasteiger charge is 2.11. The second kappa shape index (κ2) is 9.20. The summed E-state index contributed by atoms with van der Waals surface area (Å²) in [5.74, 6) is 0.974. The number of imidazole rings is 1. The minimum absolute atomic E-state index is 0. The number of hydrogen-bond donors (Lipinski definition) is 1. The number of fused-ring (bicyclic) bond motifs is 1. The second-order valence-corrected chi connectivity index (χ2v) is 5.05. The third-order valence-corrected chi connectivity index (χ3v) is 3.79. The van der Waals surface area contributed by atoms with Gasteiger partial charge >= 0.3 is 0 Å². The molecule has 1 fully saturated rings. The van der Waals surface area contributed by atoms with Crippen molar-refractivity contribution in [1.29, 1.82) is 0 Å². The van der Waals surface area contributed by atoms with Crippen molar-refractivity contribution in [3.63, 3.8) is 0 Å². The third kappa shape index (κ3) is 4.26. The van der Waals surface area contributed by atoms with Gasteiger partial charge < -0.3 is 14.6 Å². The Bertz CT molecular complexity index is 570. The molecule has 1 aromatic carbocycles. The van der Waals surface area contributed by atoms with E-state index in [1.165, 1.54) is 5.52 Å². The second-order valence-electron chi connectivity index (χ2n) is 5.05. The Balaban J connectivity index is 0.00000121. The fourth-order valence-electron chi connectivity index (χ4n) is 2.68. The lowest BCUT2D eigenvalue weighted by molar-refractivity contribution is 0.0398. The maximum Gasteiger partial charge on any atom is 0.203 e. The number of rotatable bonds is 5. The molecule has 0 atom stereocenters. The minimum atomic E-state index is 0. The van der Waals surface area contributed by atoms with Crippen LogP contribution in [-0.2, 0) is 11.3 Å². The van der Waals surface area contributed by atoms with Crippen LogP contribution in [0.15, 0.2) is 24.3 Å². The topological polar surface area (TPSA) is 42.3 Å². The smallest absolute Gasteiger partial charge is 0.203 e. The van der Waals surface area contributed by atoms with Gasteiger partial charge in [-0.2, -0.15) is 0 Å². The Morgan fingerprint density at radius 1 is 1.18 bits per heavy atom. The van der Waals surface area contributed by atoms with Gasteiger partial charge in [-0.15, -0.1) is 24.8 Å². The molecule has 2 heterocycles. The Morgan fingerprint density at radius 3 is 2.64 bits per heavy atom. The molecule has 0 unspecified atom stereocenters. The first kappa shape index (κ1) is 19.0. The van der Waals surface area contributed by atoms with E-state index in [0.29, 0.717) is 0 Å². The summed E-state index contributed by atoms with van der Waals surface area (Å²) in [5.41, 5.74) is 2.26. The van der Waals surface area contributed by atoms with Crippen LogP contribution < -0.4 is 5.32 Å². The molecule has 1 aliphatic rings. The molecule has 0 radical (unpaired) electrons. The lowest BCUT2D eigenvalue weighted by Crippen LogP contribution is -2.39. The molecule has 1 N–H and O–H groups in total. The SMILES string of the molecule is CCn1c(NCCN2CCOCC2)nc2ccccc21.Cl.Cl. The van der Waals surface area contributed by atoms with Gasteiger partial charge in [0.1, 0.15) is 0 Å². The van der Waals surface area contributed by atoms with E-state index >= 15 is 0 Å². The molecule has 0 aliphatic carbocycles. The number of nitrogens with zero attached hydrogens (tertiary/aromatic N) is 3. The molecule has 5 nitrogen and oxygen atoms in total. The van der Waals surface area contributed by atoms with Crippen LogP contribution in [0.25, 0.3) is 11.0 Å². The van der Waals surface area contributed by atoms with Crippen molar-refractivity contribution < 1.29 is 4.74 Å². The van der Waals surface area contributed by atoms with E-state index in [0.717, 1.165) is 57.4 Å². The number of anilines is 1. The molecule has 124 valence electrons. The summed E-state index contributed by atoms with van der Waals surface area (Å²) in [4.78, 5) is 7.10. The van der Waals surface area contributed by atoms with E-state index in [4.69, 9.17) is 4.74 Å². The number of nitrogens with one attached hydrogen (secondary N) is 1. The molecular formula is C15H24Cl2N4O. The number of hydrogen-bond acceptors (Lipinski definition) is 4. The van der Waals surface area contributed by atoms with Gasteiger partial charge in [-0.05, 0) is 19.1 Å². The largest absolute Gasteiger partial charge is 0.379 e. The number of aryl methyl sites for hydroxylation is 1. The van der Waals surface area contributed by atoms with Crippen LogP contribution in [0, 0.1) is 0 Å². The molecule has 0 saturated carbocycles. The maximum atomic E-state index is 5.36. The predicted molar refractivity (Wildman–Crippen MR) is 95.7 cm³/mol. The monoisotopic (exact) mass is 346 g/mol. The van der Waals surface area contributed by atoms with Crippen molar-refractivity contribution in [1.82, 2.24) is 14.5 Å². The average molecular weight is 347 g/mol. The summed E-state index contributed by atoms with van der Waals surface area (Å²) in [6, 6.07) is 8.29. The lowest BCUT2D eigenvalue weighted by atomic mass is 10.3. The van der Waals surface area contributed by atoms with Crippen LogP contribution in [0.1, 0.15) is 6.92 Å². The third-order valence-electron chi connectivity index (χ3n) is 3.79. The molecule has 22 heavy (non-hydrogen) atoms. The number of ether oxygens (including phenoxy) is 1. The van der Waals surface area contributed by atoms with Crippen LogP contribution in [0.5, 0.6) is 0 Å². The quantitative estimate of drug-likeness (QED) is 0.903. The zero-order chi connectivity index (χ0) is 13.8. The van der Waals surface area contributed by atoms with E-state index in [2.05, 4.69) is 44.9 Å². The molecule has 1 aromatic heterocycles. The van der Waals surface area contributed by atoms with Crippen LogP contribution in [0.3, 0.4) is 0 Å². The van der Waals surface area contributed by atoms with Crippen LogP contribution >= 0.6 is 24.8 Å². The number of para-hydroxylation sites is 2. The fraction of sp³-hybridized carbons (Fsp3) is 0.533. The Morgan fingerprint density at radius 2 is 1.91 bits per heavy atom. The Hall–Kier alpha value is -1.01. The zero-order valence-corrected chi connectivity index (χ0v) is 14.5. The standard InChI is InChI=1S/C15H22N4O.2ClH/c1-2-19-14-6-4-3-5-13(14)17-15(19)16-7-8-18-9-11-20-12-10-18;;/h3-6H,2,7-12H2,1H3,(H,16,17);2*1H. The van der Waals surface area contributed by atoms with Crippen molar-refractivity contribution in [2.45, 2.75) is 13.5 Å². The van der Waals surface area contributed by atoms with Crippen molar-refractivity contribution in [2.24, 2.45) is 0 Å². The summed E-state index contributed by atoms with van der Waals surface area (Å²) in [6.45, 7) is 8.82. The van der Waals surface area contributed by atoms with Gasteiger partial charge in [0.05, 0.1) is 24.2 Å². The van der Waals surface area contributed by atoms with E-state index in [9.17, 15) is 0 Å². The Kier molecular flexibility index (Phi) is 7.96. The highest BCUT2D eigenvalue weighted by atomic mass is 35.5. The molecule has 2 aromatic rings. The van der Waals surface area contributed by atoms with Gasteiger partial charge in [-0.1, -0.05) is 12.1 Å². The Labute approximate surface area is 143 Å². The molecule has 0 spiro atoms. The van der Waals surface area contributed by atoms with Crippen molar-refractivity contribution in [3.05, 3.63) is 24.3 Å². The highest BCUT2D eigenvalue weighted by molar-refractivity contribution is 5.85. The van der Waals surface area contributed by atoms with Gasteiger partial charge in [0.25, 0.3) is 0 Å². The summed E-state index contributed by atoms with van der Waals surface area (Å²) < 4.78 is 7.59. The first-order valence-electron chi connectivity index (χ1n) is 7.37. The molecule has 0 bridgehead atoms. The fourth-order valence-corrected chi connectivity index (χ4v) is 2.68. The van der Waals surface area contributed by atoms with Crippen LogP contribution in [0.4, 0.5) is 5.95 Å². The van der Waals surface area contributed by atoms with Crippen LogP contribution in [-0.4, -0.2) is 53.8 Å². The number of halogens is 2. The van der Waals surface area contributed by atoms with Gasteiger partial charge in [0, 0.05) is 32.7 Å². The lowest BCUT2D eigenvalue weighted by Gasteiger charge is -2.26. The number of aromatic nitrogens is 2. The zero-order valence-electron chi connectivity index (χ0n) is 12.8. The summed E-state index contributed by atoms with van der Waals surface area (Å²) in [6.07, 6.45) is 0. The first-order valence-corrected chi connectivity index (χ1v) is 7.37. The normalized spacial score (nSPS) is 15.1. The summed E-state index contributed by atoms with van der Waals surface area (Å²) in [7, 11) is 0. The molecule has 3 rings (SSSR count). The van der Waals surface area contributed by atoms with Crippen molar-refractivity contribution in [2.75, 3.05) is 44.7 Å². The van der Waals surface area contributed by atoms with Crippen LogP contribution in [0.2, 0.25) is 0 Å². The van der Waals surface area contributed by atoms with Gasteiger partial charge in [0.15, 0.2) is 0 Å². The van der Waals surface area contributed by atoms with Gasteiger partial charge in [0.2, 0.25) is 5.95 Å². The minimum Gasteiger partial charge on any atom is -0.379 e. The number of benzene rings is 1.